The first-order chi connectivity index (χ1) is 9.13. The number of unbranched alkanes of at least 4 members (excludes halogenated alkanes) is 2. The molecule has 3 heteroatoms. The zero-order valence-electron chi connectivity index (χ0n) is 12.3. The van der Waals surface area contributed by atoms with E-state index in [-0.39, 0.29) is 6.03 Å². The molecule has 1 aliphatic rings. The van der Waals surface area contributed by atoms with Crippen molar-refractivity contribution in [3.8, 4) is 0 Å². The lowest BCUT2D eigenvalue weighted by molar-refractivity contribution is 0.219. The van der Waals surface area contributed by atoms with E-state index < -0.39 is 0 Å². The molecule has 0 atom stereocenters. The van der Waals surface area contributed by atoms with E-state index in [1.165, 1.54) is 24.0 Å². The van der Waals surface area contributed by atoms with Crippen LogP contribution in [0, 0.1) is 13.8 Å². The summed E-state index contributed by atoms with van der Waals surface area (Å²) in [6, 6.07) is 6.43. The predicted octanol–water partition coefficient (Wildman–Crippen LogP) is 3.74. The Bertz CT molecular complexity index is 456. The number of carbonyl (C=O) groups is 1. The second kappa shape index (κ2) is 6.09. The monoisotopic (exact) mass is 260 g/mol. The fourth-order valence-electron chi connectivity index (χ4n) is 2.48. The molecule has 19 heavy (non-hydrogen) atoms. The minimum absolute atomic E-state index is 0.166. The molecule has 3 nitrogen and oxygen atoms in total. The smallest absolute Gasteiger partial charge is 0.323 e. The van der Waals surface area contributed by atoms with E-state index in [1.807, 2.05) is 9.80 Å². The summed E-state index contributed by atoms with van der Waals surface area (Å²) in [4.78, 5) is 16.2. The highest BCUT2D eigenvalue weighted by atomic mass is 16.2. The number of hydrogen-bond donors (Lipinski definition) is 0. The van der Waals surface area contributed by atoms with Gasteiger partial charge in [0.1, 0.15) is 0 Å². The molecule has 104 valence electrons. The third-order valence-corrected chi connectivity index (χ3v) is 3.93. The van der Waals surface area contributed by atoms with Gasteiger partial charge in [-0.3, -0.25) is 4.90 Å². The number of nitrogens with zero attached hydrogens (tertiary/aromatic N) is 2. The van der Waals surface area contributed by atoms with Gasteiger partial charge in [-0.15, -0.1) is 0 Å². The quantitative estimate of drug-likeness (QED) is 0.740. The standard InChI is InChI=1S/C16H24N2O/c1-4-5-6-9-17-10-11-18(16(17)19)15-8-7-13(2)14(3)12-15/h7-8,12H,4-6,9-11H2,1-3H3. The molecule has 0 saturated carbocycles. The average Bonchev–Trinajstić information content (AvgIpc) is 2.75. The summed E-state index contributed by atoms with van der Waals surface area (Å²) in [6.07, 6.45) is 3.51. The van der Waals surface area contributed by atoms with Crippen molar-refractivity contribution < 1.29 is 4.79 Å². The number of anilines is 1. The van der Waals surface area contributed by atoms with Gasteiger partial charge in [0.05, 0.1) is 0 Å². The molecule has 0 unspecified atom stereocenters. The Labute approximate surface area is 116 Å². The van der Waals surface area contributed by atoms with E-state index in [1.54, 1.807) is 0 Å². The van der Waals surface area contributed by atoms with E-state index in [9.17, 15) is 4.79 Å². The molecule has 2 amide bonds. The lowest BCUT2D eigenvalue weighted by Crippen LogP contribution is -2.32. The minimum atomic E-state index is 0.166. The van der Waals surface area contributed by atoms with Crippen LogP contribution in [0.3, 0.4) is 0 Å². The highest BCUT2D eigenvalue weighted by Gasteiger charge is 2.28. The second-order valence-electron chi connectivity index (χ2n) is 5.40. The summed E-state index contributed by atoms with van der Waals surface area (Å²) in [5.41, 5.74) is 3.55. The van der Waals surface area contributed by atoms with E-state index >= 15 is 0 Å². The summed E-state index contributed by atoms with van der Waals surface area (Å²) < 4.78 is 0. The van der Waals surface area contributed by atoms with Crippen molar-refractivity contribution in [2.45, 2.75) is 40.0 Å². The Hall–Kier alpha value is -1.51. The summed E-state index contributed by atoms with van der Waals surface area (Å²) in [5, 5.41) is 0. The first-order valence-electron chi connectivity index (χ1n) is 7.27. The van der Waals surface area contributed by atoms with Gasteiger partial charge in [0.2, 0.25) is 0 Å². The van der Waals surface area contributed by atoms with Crippen molar-refractivity contribution in [2.24, 2.45) is 0 Å². The van der Waals surface area contributed by atoms with Gasteiger partial charge in [-0.2, -0.15) is 0 Å². The maximum Gasteiger partial charge on any atom is 0.324 e. The number of rotatable bonds is 5. The SMILES string of the molecule is CCCCCN1CCN(c2ccc(C)c(C)c2)C1=O. The van der Waals surface area contributed by atoms with Crippen LogP contribution in [0.4, 0.5) is 10.5 Å². The van der Waals surface area contributed by atoms with Crippen molar-refractivity contribution in [1.29, 1.82) is 0 Å². The Balaban J connectivity index is 2.02. The molecule has 2 rings (SSSR count). The van der Waals surface area contributed by atoms with Crippen LogP contribution in [-0.2, 0) is 0 Å². The first kappa shape index (κ1) is 13.9. The van der Waals surface area contributed by atoms with Crippen molar-refractivity contribution >= 4 is 11.7 Å². The number of carbonyl (C=O) groups excluding carboxylic acids is 1. The van der Waals surface area contributed by atoms with Crippen molar-refractivity contribution in [3.63, 3.8) is 0 Å². The lowest BCUT2D eigenvalue weighted by atomic mass is 10.1. The predicted molar refractivity (Wildman–Crippen MR) is 79.8 cm³/mol. The minimum Gasteiger partial charge on any atom is -0.323 e. The maximum absolute atomic E-state index is 12.3. The van der Waals surface area contributed by atoms with Crippen LogP contribution in [0.1, 0.15) is 37.3 Å². The van der Waals surface area contributed by atoms with Gasteiger partial charge >= 0.3 is 6.03 Å². The first-order valence-corrected chi connectivity index (χ1v) is 7.27. The zero-order chi connectivity index (χ0) is 13.8. The molecule has 0 N–H and O–H groups in total. The van der Waals surface area contributed by atoms with E-state index in [4.69, 9.17) is 0 Å². The molecule has 1 fully saturated rings. The van der Waals surface area contributed by atoms with Crippen LogP contribution in [0.15, 0.2) is 18.2 Å². The fraction of sp³-hybridized carbons (Fsp3) is 0.562. The molecular formula is C16H24N2O. The molecule has 1 aromatic rings. The highest BCUT2D eigenvalue weighted by molar-refractivity contribution is 5.94. The molecule has 1 aliphatic heterocycles. The molecule has 1 saturated heterocycles. The molecule has 0 bridgehead atoms. The number of urea groups is 1. The average molecular weight is 260 g/mol. The molecule has 0 spiro atoms. The van der Waals surface area contributed by atoms with E-state index in [0.717, 1.165) is 31.7 Å². The van der Waals surface area contributed by atoms with Gasteiger partial charge in [0, 0.05) is 25.3 Å². The number of hydrogen-bond acceptors (Lipinski definition) is 1. The van der Waals surface area contributed by atoms with Crippen LogP contribution in [0.25, 0.3) is 0 Å². The van der Waals surface area contributed by atoms with Gasteiger partial charge in [0.15, 0.2) is 0 Å². The third-order valence-electron chi connectivity index (χ3n) is 3.93. The Morgan fingerprint density at radius 2 is 1.89 bits per heavy atom. The normalized spacial score (nSPS) is 15.4. The van der Waals surface area contributed by atoms with Crippen molar-refractivity contribution in [3.05, 3.63) is 29.3 Å². The van der Waals surface area contributed by atoms with Gasteiger partial charge in [-0.1, -0.05) is 25.8 Å². The molecule has 1 aromatic carbocycles. The fourth-order valence-corrected chi connectivity index (χ4v) is 2.48. The molecule has 0 radical (unpaired) electrons. The van der Waals surface area contributed by atoms with E-state index in [2.05, 4.69) is 39.0 Å². The molecule has 0 aliphatic carbocycles. The van der Waals surface area contributed by atoms with Crippen LogP contribution in [0.2, 0.25) is 0 Å². The van der Waals surface area contributed by atoms with Crippen LogP contribution < -0.4 is 4.90 Å². The summed E-state index contributed by atoms with van der Waals surface area (Å²) in [6.45, 7) is 8.95. The van der Waals surface area contributed by atoms with Crippen LogP contribution >= 0.6 is 0 Å². The zero-order valence-corrected chi connectivity index (χ0v) is 12.3. The lowest BCUT2D eigenvalue weighted by Gasteiger charge is -2.19. The topological polar surface area (TPSA) is 23.6 Å². The van der Waals surface area contributed by atoms with E-state index in [0.29, 0.717) is 0 Å². The maximum atomic E-state index is 12.3. The number of benzene rings is 1. The van der Waals surface area contributed by atoms with Crippen molar-refractivity contribution in [2.75, 3.05) is 24.5 Å². The van der Waals surface area contributed by atoms with Gasteiger partial charge < -0.3 is 4.90 Å². The summed E-state index contributed by atoms with van der Waals surface area (Å²) in [7, 11) is 0. The largest absolute Gasteiger partial charge is 0.324 e. The second-order valence-corrected chi connectivity index (χ2v) is 5.40. The number of amides is 2. The van der Waals surface area contributed by atoms with Gasteiger partial charge in [-0.05, 0) is 43.5 Å². The Morgan fingerprint density at radius 3 is 2.58 bits per heavy atom. The Morgan fingerprint density at radius 1 is 1.11 bits per heavy atom. The highest BCUT2D eigenvalue weighted by Crippen LogP contribution is 2.23. The third kappa shape index (κ3) is 3.09. The summed E-state index contributed by atoms with van der Waals surface area (Å²) >= 11 is 0. The summed E-state index contributed by atoms with van der Waals surface area (Å²) in [5.74, 6) is 0. The van der Waals surface area contributed by atoms with Gasteiger partial charge in [-0.25, -0.2) is 4.79 Å². The van der Waals surface area contributed by atoms with Crippen LogP contribution in [0.5, 0.6) is 0 Å². The molecular weight excluding hydrogens is 236 g/mol. The van der Waals surface area contributed by atoms with Gasteiger partial charge in [0.25, 0.3) is 0 Å². The molecule has 0 aromatic heterocycles. The van der Waals surface area contributed by atoms with Crippen molar-refractivity contribution in [1.82, 2.24) is 4.90 Å². The Kier molecular flexibility index (Phi) is 4.46. The molecule has 1 heterocycles. The number of aryl methyl sites for hydroxylation is 2. The van der Waals surface area contributed by atoms with Crippen LogP contribution in [-0.4, -0.2) is 30.6 Å².